The van der Waals surface area contributed by atoms with Gasteiger partial charge in [0.25, 0.3) is 0 Å². The van der Waals surface area contributed by atoms with E-state index >= 15 is 0 Å². The highest BCUT2D eigenvalue weighted by molar-refractivity contribution is 5.99. The first-order valence-corrected chi connectivity index (χ1v) is 9.05. The normalized spacial score (nSPS) is 11.9. The summed E-state index contributed by atoms with van der Waals surface area (Å²) >= 11 is 0. The van der Waals surface area contributed by atoms with Crippen LogP contribution in [-0.2, 0) is 0 Å². The number of hydrogen-bond donors (Lipinski definition) is 3. The number of hydrogen-bond acceptors (Lipinski definition) is 6. The van der Waals surface area contributed by atoms with E-state index in [0.29, 0.717) is 23.2 Å². The predicted molar refractivity (Wildman–Crippen MR) is 109 cm³/mol. The molecule has 0 aliphatic carbocycles. The van der Waals surface area contributed by atoms with Gasteiger partial charge >= 0.3 is 6.03 Å². The first-order valence-electron chi connectivity index (χ1n) is 9.05. The van der Waals surface area contributed by atoms with Gasteiger partial charge in [0, 0.05) is 5.39 Å². The molecule has 3 N–H and O–H groups in total. The molecule has 2 amide bonds. The molecule has 1 atom stereocenters. The fraction of sp³-hybridized carbons (Fsp3) is 0.150. The SMILES string of the molecule is C[C@H](CO)n1cnnc1-c1cccc(NC(=O)Nc2ccc3ccccc3n2)n1. The Morgan fingerprint density at radius 3 is 2.66 bits per heavy atom. The van der Waals surface area contributed by atoms with Crippen LogP contribution in [0.5, 0.6) is 0 Å². The Hall–Kier alpha value is -3.85. The Morgan fingerprint density at radius 2 is 1.83 bits per heavy atom. The third-order valence-electron chi connectivity index (χ3n) is 4.37. The third kappa shape index (κ3) is 4.04. The molecule has 0 aliphatic heterocycles. The second-order valence-corrected chi connectivity index (χ2v) is 6.47. The Morgan fingerprint density at radius 1 is 1.03 bits per heavy atom. The average Bonchev–Trinajstić information content (AvgIpc) is 3.23. The van der Waals surface area contributed by atoms with Crippen LogP contribution in [-0.4, -0.2) is 42.5 Å². The molecule has 0 saturated carbocycles. The van der Waals surface area contributed by atoms with Crippen LogP contribution >= 0.6 is 0 Å². The van der Waals surface area contributed by atoms with Crippen molar-refractivity contribution in [2.75, 3.05) is 17.2 Å². The van der Waals surface area contributed by atoms with Gasteiger partial charge in [0.05, 0.1) is 18.2 Å². The van der Waals surface area contributed by atoms with E-state index in [-0.39, 0.29) is 12.6 Å². The summed E-state index contributed by atoms with van der Waals surface area (Å²) in [4.78, 5) is 21.2. The lowest BCUT2D eigenvalue weighted by atomic mass is 10.2. The second-order valence-electron chi connectivity index (χ2n) is 6.47. The summed E-state index contributed by atoms with van der Waals surface area (Å²) in [7, 11) is 0. The number of anilines is 2. The van der Waals surface area contributed by atoms with Crippen molar-refractivity contribution in [3.63, 3.8) is 0 Å². The Labute approximate surface area is 166 Å². The van der Waals surface area contributed by atoms with Gasteiger partial charge in [0.1, 0.15) is 23.7 Å². The highest BCUT2D eigenvalue weighted by Gasteiger charge is 2.14. The van der Waals surface area contributed by atoms with Crippen LogP contribution < -0.4 is 10.6 Å². The van der Waals surface area contributed by atoms with Gasteiger partial charge in [0.2, 0.25) is 0 Å². The molecule has 4 rings (SSSR count). The second kappa shape index (κ2) is 8.03. The number of para-hydroxylation sites is 1. The topological polar surface area (TPSA) is 118 Å². The van der Waals surface area contributed by atoms with Gasteiger partial charge < -0.3 is 9.67 Å². The van der Waals surface area contributed by atoms with Crippen molar-refractivity contribution in [1.82, 2.24) is 24.7 Å². The smallest absolute Gasteiger partial charge is 0.326 e. The average molecular weight is 389 g/mol. The first-order chi connectivity index (χ1) is 14.1. The predicted octanol–water partition coefficient (Wildman–Crippen LogP) is 3.09. The minimum absolute atomic E-state index is 0.0514. The lowest BCUT2D eigenvalue weighted by molar-refractivity contribution is 0.239. The van der Waals surface area contributed by atoms with Crippen molar-refractivity contribution in [2.45, 2.75) is 13.0 Å². The number of amides is 2. The van der Waals surface area contributed by atoms with Crippen molar-refractivity contribution in [3.05, 3.63) is 60.9 Å². The van der Waals surface area contributed by atoms with Crippen LogP contribution in [0.25, 0.3) is 22.4 Å². The van der Waals surface area contributed by atoms with E-state index in [4.69, 9.17) is 0 Å². The van der Waals surface area contributed by atoms with Gasteiger partial charge in [-0.2, -0.15) is 0 Å². The minimum Gasteiger partial charge on any atom is -0.394 e. The van der Waals surface area contributed by atoms with Crippen molar-refractivity contribution in [3.8, 4) is 11.5 Å². The van der Waals surface area contributed by atoms with Crippen LogP contribution in [0.2, 0.25) is 0 Å². The van der Waals surface area contributed by atoms with E-state index in [2.05, 4.69) is 30.8 Å². The number of aliphatic hydroxyl groups is 1. The largest absolute Gasteiger partial charge is 0.394 e. The maximum atomic E-state index is 12.4. The number of urea groups is 1. The number of rotatable bonds is 5. The molecule has 0 bridgehead atoms. The van der Waals surface area contributed by atoms with E-state index in [9.17, 15) is 9.90 Å². The Balaban J connectivity index is 1.50. The highest BCUT2D eigenvalue weighted by atomic mass is 16.3. The number of nitrogens with zero attached hydrogens (tertiary/aromatic N) is 5. The number of benzene rings is 1. The molecular formula is C20H19N7O2. The standard InChI is InChI=1S/C20H19N7O2/c1-13(11-28)27-12-21-26-19(27)16-7-4-8-17(23-16)24-20(29)25-18-10-9-14-5-2-3-6-15(14)22-18/h2-10,12-13,28H,11H2,1H3,(H2,22,23,24,25,29)/t13-/m1/s1. The van der Waals surface area contributed by atoms with Crippen molar-refractivity contribution < 1.29 is 9.90 Å². The van der Waals surface area contributed by atoms with E-state index < -0.39 is 6.03 Å². The van der Waals surface area contributed by atoms with Crippen molar-refractivity contribution in [1.29, 1.82) is 0 Å². The monoisotopic (exact) mass is 389 g/mol. The van der Waals surface area contributed by atoms with Gasteiger partial charge in [-0.15, -0.1) is 10.2 Å². The molecule has 3 aromatic heterocycles. The Bertz CT molecular complexity index is 1160. The zero-order valence-corrected chi connectivity index (χ0v) is 15.6. The summed E-state index contributed by atoms with van der Waals surface area (Å²) in [6.45, 7) is 1.79. The Kier molecular flexibility index (Phi) is 5.12. The molecule has 0 spiro atoms. The van der Waals surface area contributed by atoms with Crippen LogP contribution in [0.4, 0.5) is 16.4 Å². The molecule has 3 heterocycles. The van der Waals surface area contributed by atoms with Gasteiger partial charge in [-0.3, -0.25) is 10.6 Å². The lowest BCUT2D eigenvalue weighted by Gasteiger charge is -2.12. The van der Waals surface area contributed by atoms with Crippen LogP contribution in [0.15, 0.2) is 60.9 Å². The number of fused-ring (bicyclic) bond motifs is 1. The number of nitrogens with one attached hydrogen (secondary N) is 2. The van der Waals surface area contributed by atoms with E-state index in [0.717, 1.165) is 10.9 Å². The summed E-state index contributed by atoms with van der Waals surface area (Å²) in [5, 5.41) is 23.8. The maximum Gasteiger partial charge on any atom is 0.326 e. The quantitative estimate of drug-likeness (QED) is 0.483. The van der Waals surface area contributed by atoms with Crippen molar-refractivity contribution in [2.24, 2.45) is 0 Å². The molecule has 0 fully saturated rings. The third-order valence-corrected chi connectivity index (χ3v) is 4.37. The summed E-state index contributed by atoms with van der Waals surface area (Å²) < 4.78 is 1.73. The van der Waals surface area contributed by atoms with Crippen LogP contribution in [0, 0.1) is 0 Å². The van der Waals surface area contributed by atoms with Crippen LogP contribution in [0.3, 0.4) is 0 Å². The maximum absolute atomic E-state index is 12.4. The number of carbonyl (C=O) groups is 1. The lowest BCUT2D eigenvalue weighted by Crippen LogP contribution is -2.21. The fourth-order valence-corrected chi connectivity index (χ4v) is 2.86. The molecule has 9 heteroatoms. The van der Waals surface area contributed by atoms with Gasteiger partial charge in [-0.05, 0) is 37.3 Å². The molecule has 4 aromatic rings. The molecule has 0 saturated heterocycles. The summed E-state index contributed by atoms with van der Waals surface area (Å²) in [6, 6.07) is 15.8. The number of pyridine rings is 2. The first kappa shape index (κ1) is 18.5. The molecule has 0 radical (unpaired) electrons. The summed E-state index contributed by atoms with van der Waals surface area (Å²) in [5.74, 6) is 1.30. The number of aromatic nitrogens is 5. The van der Waals surface area contributed by atoms with Crippen molar-refractivity contribution >= 4 is 28.6 Å². The van der Waals surface area contributed by atoms with Crippen LogP contribution in [0.1, 0.15) is 13.0 Å². The molecule has 9 nitrogen and oxygen atoms in total. The van der Waals surface area contributed by atoms with E-state index in [1.54, 1.807) is 28.8 Å². The van der Waals surface area contributed by atoms with Gasteiger partial charge in [-0.1, -0.05) is 24.3 Å². The molecule has 0 unspecified atom stereocenters. The number of carbonyl (C=O) groups excluding carboxylic acids is 1. The van der Waals surface area contributed by atoms with Gasteiger partial charge in [-0.25, -0.2) is 14.8 Å². The summed E-state index contributed by atoms with van der Waals surface area (Å²) in [6.07, 6.45) is 1.54. The highest BCUT2D eigenvalue weighted by Crippen LogP contribution is 2.20. The minimum atomic E-state index is -0.456. The zero-order valence-electron chi connectivity index (χ0n) is 15.6. The fourth-order valence-electron chi connectivity index (χ4n) is 2.86. The molecule has 1 aromatic carbocycles. The van der Waals surface area contributed by atoms with E-state index in [1.807, 2.05) is 37.3 Å². The molecule has 29 heavy (non-hydrogen) atoms. The van der Waals surface area contributed by atoms with Gasteiger partial charge in [0.15, 0.2) is 5.82 Å². The summed E-state index contributed by atoms with van der Waals surface area (Å²) in [5.41, 5.74) is 1.33. The molecule has 146 valence electrons. The zero-order chi connectivity index (χ0) is 20.2. The van der Waals surface area contributed by atoms with E-state index in [1.165, 1.54) is 6.33 Å². The number of aliphatic hydroxyl groups excluding tert-OH is 1. The molecule has 0 aliphatic rings. The molecular weight excluding hydrogens is 370 g/mol.